The third-order valence-electron chi connectivity index (χ3n) is 4.83. The summed E-state index contributed by atoms with van der Waals surface area (Å²) < 4.78 is 15.7. The molecule has 0 radical (unpaired) electrons. The predicted molar refractivity (Wildman–Crippen MR) is 94.5 cm³/mol. The molecule has 1 aliphatic carbocycles. The zero-order chi connectivity index (χ0) is 18.4. The van der Waals surface area contributed by atoms with Gasteiger partial charge in [-0.2, -0.15) is 0 Å². The molecule has 0 atom stereocenters. The second-order valence-electron chi connectivity index (χ2n) is 7.00. The Morgan fingerprint density at radius 3 is 2.16 bits per heavy atom. The van der Waals surface area contributed by atoms with Crippen LogP contribution in [0.25, 0.3) is 0 Å². The van der Waals surface area contributed by atoms with E-state index in [1.54, 1.807) is 27.9 Å². The van der Waals surface area contributed by atoms with Gasteiger partial charge >= 0.3 is 11.9 Å². The molecular weight excluding hydrogens is 320 g/mol. The molecule has 0 N–H and O–H groups in total. The predicted octanol–water partition coefficient (Wildman–Crippen LogP) is 3.85. The molecule has 5 nitrogen and oxygen atoms in total. The highest BCUT2D eigenvalue weighted by Gasteiger charge is 2.41. The number of hydrogen-bond donors (Lipinski definition) is 0. The molecule has 0 spiro atoms. The lowest BCUT2D eigenvalue weighted by Crippen LogP contribution is -2.39. The van der Waals surface area contributed by atoms with Gasteiger partial charge in [-0.15, -0.1) is 0 Å². The van der Waals surface area contributed by atoms with Crippen LogP contribution in [0.2, 0.25) is 0 Å². The number of methoxy groups -OCH3 is 1. The molecule has 0 bridgehead atoms. The van der Waals surface area contributed by atoms with Gasteiger partial charge in [0, 0.05) is 0 Å². The molecule has 5 heteroatoms. The van der Waals surface area contributed by atoms with Crippen LogP contribution in [-0.4, -0.2) is 31.8 Å². The normalized spacial score (nSPS) is 20.6. The van der Waals surface area contributed by atoms with E-state index < -0.39 is 17.4 Å². The first kappa shape index (κ1) is 19.3. The Morgan fingerprint density at radius 1 is 1.04 bits per heavy atom. The molecule has 0 amide bonds. The quantitative estimate of drug-likeness (QED) is 0.577. The van der Waals surface area contributed by atoms with Gasteiger partial charge in [0.15, 0.2) is 5.41 Å². The topological polar surface area (TPSA) is 61.8 Å². The lowest BCUT2D eigenvalue weighted by Gasteiger charge is -2.30. The molecule has 1 aromatic rings. The van der Waals surface area contributed by atoms with E-state index in [1.807, 2.05) is 12.1 Å². The van der Waals surface area contributed by atoms with Crippen molar-refractivity contribution >= 4 is 11.9 Å². The Labute approximate surface area is 149 Å². The van der Waals surface area contributed by atoms with E-state index >= 15 is 0 Å². The molecule has 25 heavy (non-hydrogen) atoms. The van der Waals surface area contributed by atoms with E-state index in [9.17, 15) is 9.59 Å². The second kappa shape index (κ2) is 8.37. The Morgan fingerprint density at radius 2 is 1.64 bits per heavy atom. The molecule has 1 aromatic carbocycles. The van der Waals surface area contributed by atoms with E-state index in [0.717, 1.165) is 31.4 Å². The molecule has 0 saturated heterocycles. The summed E-state index contributed by atoms with van der Waals surface area (Å²) in [7, 11) is 1.66. The standard InChI is InChI=1S/C20H28O5/c1-5-24-18(21)20(2,3)19(22)25-17-12-8-15(9-13-17)14-6-10-16(23-4)11-7-14/h6-7,10-11,15,17H,5,8-9,12-13H2,1-4H3. The molecular formula is C20H28O5. The van der Waals surface area contributed by atoms with Crippen molar-refractivity contribution < 1.29 is 23.8 Å². The number of ether oxygens (including phenoxy) is 3. The molecule has 2 rings (SSSR count). The molecule has 1 saturated carbocycles. The van der Waals surface area contributed by atoms with E-state index in [2.05, 4.69) is 12.1 Å². The van der Waals surface area contributed by atoms with Gasteiger partial charge in [-0.1, -0.05) is 12.1 Å². The summed E-state index contributed by atoms with van der Waals surface area (Å²) in [5, 5.41) is 0. The fourth-order valence-corrected chi connectivity index (χ4v) is 3.08. The highest BCUT2D eigenvalue weighted by Crippen LogP contribution is 2.35. The lowest BCUT2D eigenvalue weighted by molar-refractivity contribution is -0.173. The average molecular weight is 348 g/mol. The van der Waals surface area contributed by atoms with Gasteiger partial charge in [-0.25, -0.2) is 0 Å². The minimum atomic E-state index is -1.26. The summed E-state index contributed by atoms with van der Waals surface area (Å²) in [5.74, 6) is 0.289. The number of hydrogen-bond acceptors (Lipinski definition) is 5. The van der Waals surface area contributed by atoms with E-state index in [-0.39, 0.29) is 12.7 Å². The van der Waals surface area contributed by atoms with Gasteiger partial charge in [0.25, 0.3) is 0 Å². The smallest absolute Gasteiger partial charge is 0.323 e. The van der Waals surface area contributed by atoms with Crippen LogP contribution in [0.1, 0.15) is 57.9 Å². The van der Waals surface area contributed by atoms with E-state index in [1.165, 1.54) is 5.56 Å². The average Bonchev–Trinajstić information content (AvgIpc) is 2.62. The van der Waals surface area contributed by atoms with Gasteiger partial charge < -0.3 is 14.2 Å². The molecule has 1 aliphatic rings. The van der Waals surface area contributed by atoms with Crippen LogP contribution in [0.4, 0.5) is 0 Å². The highest BCUT2D eigenvalue weighted by molar-refractivity contribution is 5.99. The molecule has 0 aliphatic heterocycles. The Balaban J connectivity index is 1.87. The van der Waals surface area contributed by atoms with Crippen molar-refractivity contribution in [3.8, 4) is 5.75 Å². The summed E-state index contributed by atoms with van der Waals surface area (Å²) in [6.45, 7) is 5.08. The van der Waals surface area contributed by atoms with Crippen molar-refractivity contribution in [3.63, 3.8) is 0 Å². The maximum Gasteiger partial charge on any atom is 0.323 e. The minimum Gasteiger partial charge on any atom is -0.497 e. The zero-order valence-electron chi connectivity index (χ0n) is 15.5. The summed E-state index contributed by atoms with van der Waals surface area (Å²) >= 11 is 0. The number of esters is 2. The van der Waals surface area contributed by atoms with Gasteiger partial charge in [0.2, 0.25) is 0 Å². The maximum absolute atomic E-state index is 12.3. The number of carbonyl (C=O) groups is 2. The first-order valence-corrected chi connectivity index (χ1v) is 8.90. The van der Waals surface area contributed by atoms with E-state index in [0.29, 0.717) is 5.92 Å². The van der Waals surface area contributed by atoms with Crippen LogP contribution >= 0.6 is 0 Å². The first-order chi connectivity index (χ1) is 11.9. The summed E-state index contributed by atoms with van der Waals surface area (Å²) in [5.41, 5.74) is 0.0282. The van der Waals surface area contributed by atoms with Crippen LogP contribution in [-0.2, 0) is 19.1 Å². The fourth-order valence-electron chi connectivity index (χ4n) is 3.08. The maximum atomic E-state index is 12.3. The molecule has 0 aromatic heterocycles. The van der Waals surface area contributed by atoms with E-state index in [4.69, 9.17) is 14.2 Å². The van der Waals surface area contributed by atoms with Crippen LogP contribution in [0.15, 0.2) is 24.3 Å². The van der Waals surface area contributed by atoms with Gasteiger partial charge in [-0.05, 0) is 70.1 Å². The largest absolute Gasteiger partial charge is 0.497 e. The third kappa shape index (κ3) is 4.74. The summed E-state index contributed by atoms with van der Waals surface area (Å²) in [6, 6.07) is 8.14. The van der Waals surface area contributed by atoms with Crippen molar-refractivity contribution in [1.82, 2.24) is 0 Å². The summed E-state index contributed by atoms with van der Waals surface area (Å²) in [4.78, 5) is 24.2. The van der Waals surface area contributed by atoms with Crippen molar-refractivity contribution in [3.05, 3.63) is 29.8 Å². The zero-order valence-corrected chi connectivity index (χ0v) is 15.5. The second-order valence-corrected chi connectivity index (χ2v) is 7.00. The van der Waals surface area contributed by atoms with Crippen LogP contribution in [0, 0.1) is 5.41 Å². The van der Waals surface area contributed by atoms with Crippen molar-refractivity contribution in [1.29, 1.82) is 0 Å². The number of rotatable bonds is 6. The van der Waals surface area contributed by atoms with Crippen LogP contribution < -0.4 is 4.74 Å². The molecule has 1 fully saturated rings. The molecule has 138 valence electrons. The van der Waals surface area contributed by atoms with Crippen molar-refractivity contribution in [2.24, 2.45) is 5.41 Å². The number of benzene rings is 1. The van der Waals surface area contributed by atoms with Crippen LogP contribution in [0.3, 0.4) is 0 Å². The van der Waals surface area contributed by atoms with Gasteiger partial charge in [0.05, 0.1) is 13.7 Å². The fraction of sp³-hybridized carbons (Fsp3) is 0.600. The first-order valence-electron chi connectivity index (χ1n) is 8.90. The Kier molecular flexibility index (Phi) is 6.45. The van der Waals surface area contributed by atoms with Crippen molar-refractivity contribution in [2.45, 2.75) is 58.5 Å². The SMILES string of the molecule is CCOC(=O)C(C)(C)C(=O)OC1CCC(c2ccc(OC)cc2)CC1. The molecule has 0 unspecified atom stereocenters. The van der Waals surface area contributed by atoms with Crippen LogP contribution in [0.5, 0.6) is 5.75 Å². The summed E-state index contributed by atoms with van der Waals surface area (Å²) in [6.07, 6.45) is 3.41. The highest BCUT2D eigenvalue weighted by atomic mass is 16.6. The van der Waals surface area contributed by atoms with Crippen molar-refractivity contribution in [2.75, 3.05) is 13.7 Å². The lowest BCUT2D eigenvalue weighted by atomic mass is 9.82. The Bertz CT molecular complexity index is 583. The minimum absolute atomic E-state index is 0.129. The Hall–Kier alpha value is -2.04. The van der Waals surface area contributed by atoms with Gasteiger partial charge in [-0.3, -0.25) is 9.59 Å². The third-order valence-corrected chi connectivity index (χ3v) is 4.83. The molecule has 0 heterocycles. The number of carbonyl (C=O) groups excluding carboxylic acids is 2. The monoisotopic (exact) mass is 348 g/mol. The van der Waals surface area contributed by atoms with Gasteiger partial charge in [0.1, 0.15) is 11.9 Å².